The summed E-state index contributed by atoms with van der Waals surface area (Å²) in [5.74, 6) is -0.0676. The van der Waals surface area contributed by atoms with Gasteiger partial charge in [0.2, 0.25) is 5.91 Å². The summed E-state index contributed by atoms with van der Waals surface area (Å²) in [5.41, 5.74) is 0.431. The van der Waals surface area contributed by atoms with Crippen LogP contribution in [0.25, 0.3) is 0 Å². The van der Waals surface area contributed by atoms with E-state index >= 15 is 0 Å². The molecule has 1 aromatic carbocycles. The lowest BCUT2D eigenvalue weighted by Gasteiger charge is -2.22. The van der Waals surface area contributed by atoms with E-state index in [0.29, 0.717) is 28.0 Å². The van der Waals surface area contributed by atoms with Crippen LogP contribution in [0.5, 0.6) is 0 Å². The molecule has 6 heteroatoms. The topological polar surface area (TPSA) is 49.4 Å². The van der Waals surface area contributed by atoms with Crippen LogP contribution in [-0.2, 0) is 4.79 Å². The number of amides is 2. The molecule has 0 bridgehead atoms. The third kappa shape index (κ3) is 3.52. The molecule has 2 amide bonds. The van der Waals surface area contributed by atoms with Crippen LogP contribution >= 0.6 is 27.5 Å². The summed E-state index contributed by atoms with van der Waals surface area (Å²) in [7, 11) is 0. The molecule has 108 valence electrons. The summed E-state index contributed by atoms with van der Waals surface area (Å²) in [6.45, 7) is 3.20. The lowest BCUT2D eigenvalue weighted by atomic mass is 10.2. The number of carbonyl (C=O) groups excluding carboxylic acids is 2. The summed E-state index contributed by atoms with van der Waals surface area (Å²) >= 11 is 9.39. The van der Waals surface area contributed by atoms with E-state index in [1.54, 1.807) is 23.1 Å². The van der Waals surface area contributed by atoms with Gasteiger partial charge in [-0.1, -0.05) is 17.7 Å². The number of hydrogen-bond acceptors (Lipinski definition) is 2. The molecule has 0 radical (unpaired) electrons. The molecule has 1 atom stereocenters. The molecule has 1 fully saturated rings. The Balaban J connectivity index is 1.97. The first-order chi connectivity index (χ1) is 9.49. The molecule has 1 aliphatic rings. The highest BCUT2D eigenvalue weighted by molar-refractivity contribution is 9.10. The minimum atomic E-state index is -0.226. The predicted molar refractivity (Wildman–Crippen MR) is 81.9 cm³/mol. The fourth-order valence-corrected chi connectivity index (χ4v) is 2.83. The first kappa shape index (κ1) is 15.3. The Morgan fingerprint density at radius 3 is 2.95 bits per heavy atom. The van der Waals surface area contributed by atoms with Crippen LogP contribution in [-0.4, -0.2) is 35.8 Å². The number of benzene rings is 1. The van der Waals surface area contributed by atoms with E-state index in [9.17, 15) is 9.59 Å². The normalized spacial score (nSPS) is 16.4. The van der Waals surface area contributed by atoms with Crippen LogP contribution in [0.1, 0.15) is 30.1 Å². The van der Waals surface area contributed by atoms with Gasteiger partial charge >= 0.3 is 0 Å². The van der Waals surface area contributed by atoms with Crippen molar-refractivity contribution in [1.29, 1.82) is 0 Å². The summed E-state index contributed by atoms with van der Waals surface area (Å²) in [6.07, 6.45) is 1.51. The molecule has 0 aliphatic carbocycles. The Morgan fingerprint density at radius 2 is 2.30 bits per heavy atom. The van der Waals surface area contributed by atoms with Gasteiger partial charge in [0.1, 0.15) is 0 Å². The van der Waals surface area contributed by atoms with Gasteiger partial charge in [-0.25, -0.2) is 0 Å². The van der Waals surface area contributed by atoms with Crippen LogP contribution in [0.4, 0.5) is 0 Å². The fraction of sp³-hybridized carbons (Fsp3) is 0.429. The number of halogens is 2. The number of nitrogens with zero attached hydrogens (tertiary/aromatic N) is 1. The molecule has 0 spiro atoms. The predicted octanol–water partition coefficient (Wildman–Crippen LogP) is 2.84. The lowest BCUT2D eigenvalue weighted by molar-refractivity contribution is -0.127. The fourth-order valence-electron chi connectivity index (χ4n) is 2.25. The van der Waals surface area contributed by atoms with Crippen molar-refractivity contribution in [2.45, 2.75) is 25.8 Å². The van der Waals surface area contributed by atoms with Crippen molar-refractivity contribution < 1.29 is 9.59 Å². The Labute approximate surface area is 131 Å². The van der Waals surface area contributed by atoms with E-state index in [2.05, 4.69) is 21.2 Å². The SMILES string of the molecule is CC(CN1CCCC1=O)NC(=O)c1cccc(Br)c1Cl. The van der Waals surface area contributed by atoms with E-state index in [4.69, 9.17) is 11.6 Å². The molecule has 1 saturated heterocycles. The first-order valence-electron chi connectivity index (χ1n) is 6.51. The Bertz CT molecular complexity index is 536. The van der Waals surface area contributed by atoms with Crippen molar-refractivity contribution in [3.63, 3.8) is 0 Å². The smallest absolute Gasteiger partial charge is 0.253 e. The molecular formula is C14H16BrClN2O2. The summed E-state index contributed by atoms with van der Waals surface area (Å²) < 4.78 is 0.689. The summed E-state index contributed by atoms with van der Waals surface area (Å²) in [5, 5.41) is 3.27. The zero-order valence-corrected chi connectivity index (χ0v) is 13.5. The summed E-state index contributed by atoms with van der Waals surface area (Å²) in [4.78, 5) is 25.5. The van der Waals surface area contributed by atoms with Crippen molar-refractivity contribution >= 4 is 39.3 Å². The highest BCUT2D eigenvalue weighted by Gasteiger charge is 2.23. The van der Waals surface area contributed by atoms with Crippen molar-refractivity contribution in [2.24, 2.45) is 0 Å². The molecule has 1 aliphatic heterocycles. The molecule has 1 aromatic rings. The van der Waals surface area contributed by atoms with Gasteiger partial charge in [0.25, 0.3) is 5.91 Å². The molecule has 1 unspecified atom stereocenters. The third-order valence-corrected chi connectivity index (χ3v) is 4.54. The second kappa shape index (κ2) is 6.59. The van der Waals surface area contributed by atoms with Crippen LogP contribution in [0.2, 0.25) is 5.02 Å². The summed E-state index contributed by atoms with van der Waals surface area (Å²) in [6, 6.07) is 5.11. The number of likely N-dealkylation sites (tertiary alicyclic amines) is 1. The highest BCUT2D eigenvalue weighted by atomic mass is 79.9. The van der Waals surface area contributed by atoms with Gasteiger partial charge in [0.15, 0.2) is 0 Å². The van der Waals surface area contributed by atoms with Gasteiger partial charge in [-0.3, -0.25) is 9.59 Å². The zero-order valence-electron chi connectivity index (χ0n) is 11.2. The average Bonchev–Trinajstić information content (AvgIpc) is 2.78. The second-order valence-corrected chi connectivity index (χ2v) is 6.15. The molecule has 1 N–H and O–H groups in total. The monoisotopic (exact) mass is 358 g/mol. The Morgan fingerprint density at radius 1 is 1.55 bits per heavy atom. The van der Waals surface area contributed by atoms with E-state index in [1.807, 2.05) is 6.92 Å². The van der Waals surface area contributed by atoms with Crippen LogP contribution < -0.4 is 5.32 Å². The van der Waals surface area contributed by atoms with E-state index in [-0.39, 0.29) is 17.9 Å². The molecular weight excluding hydrogens is 344 g/mol. The number of carbonyl (C=O) groups is 2. The quantitative estimate of drug-likeness (QED) is 0.898. The lowest BCUT2D eigenvalue weighted by Crippen LogP contribution is -2.42. The van der Waals surface area contributed by atoms with Gasteiger partial charge in [-0.2, -0.15) is 0 Å². The van der Waals surface area contributed by atoms with Gasteiger partial charge in [-0.05, 0) is 41.4 Å². The molecule has 0 saturated carbocycles. The molecule has 2 rings (SSSR count). The molecule has 0 aromatic heterocycles. The van der Waals surface area contributed by atoms with Gasteiger partial charge in [-0.15, -0.1) is 0 Å². The molecule has 4 nitrogen and oxygen atoms in total. The Hall–Kier alpha value is -1.07. The zero-order chi connectivity index (χ0) is 14.7. The number of rotatable bonds is 4. The van der Waals surface area contributed by atoms with Crippen molar-refractivity contribution in [1.82, 2.24) is 10.2 Å². The van der Waals surface area contributed by atoms with E-state index < -0.39 is 0 Å². The maximum Gasteiger partial charge on any atom is 0.253 e. The van der Waals surface area contributed by atoms with Gasteiger partial charge in [0, 0.05) is 30.0 Å². The number of nitrogens with one attached hydrogen (secondary N) is 1. The van der Waals surface area contributed by atoms with Crippen molar-refractivity contribution in [2.75, 3.05) is 13.1 Å². The minimum Gasteiger partial charge on any atom is -0.348 e. The minimum absolute atomic E-state index is 0.111. The number of hydrogen-bond donors (Lipinski definition) is 1. The van der Waals surface area contributed by atoms with Crippen LogP contribution in [0.3, 0.4) is 0 Å². The largest absolute Gasteiger partial charge is 0.348 e. The molecule has 20 heavy (non-hydrogen) atoms. The van der Waals surface area contributed by atoms with E-state index in [0.717, 1.165) is 13.0 Å². The van der Waals surface area contributed by atoms with Gasteiger partial charge < -0.3 is 10.2 Å². The standard InChI is InChI=1S/C14H16BrClN2O2/c1-9(8-18-7-3-6-12(18)19)17-14(20)10-4-2-5-11(15)13(10)16/h2,4-5,9H,3,6-8H2,1H3,(H,17,20). The highest BCUT2D eigenvalue weighted by Crippen LogP contribution is 2.25. The third-order valence-electron chi connectivity index (χ3n) is 3.24. The van der Waals surface area contributed by atoms with Crippen LogP contribution in [0.15, 0.2) is 22.7 Å². The average molecular weight is 360 g/mol. The van der Waals surface area contributed by atoms with Gasteiger partial charge in [0.05, 0.1) is 10.6 Å². The van der Waals surface area contributed by atoms with Crippen molar-refractivity contribution in [3.8, 4) is 0 Å². The molecule has 1 heterocycles. The maximum atomic E-state index is 12.2. The second-order valence-electron chi connectivity index (χ2n) is 4.92. The van der Waals surface area contributed by atoms with E-state index in [1.165, 1.54) is 0 Å². The first-order valence-corrected chi connectivity index (χ1v) is 7.69. The maximum absolute atomic E-state index is 12.2. The van der Waals surface area contributed by atoms with Crippen molar-refractivity contribution in [3.05, 3.63) is 33.3 Å². The van der Waals surface area contributed by atoms with Crippen LogP contribution in [0, 0.1) is 0 Å². The Kier molecular flexibility index (Phi) is 5.05.